The quantitative estimate of drug-likeness (QED) is 0.195. The van der Waals surface area contributed by atoms with E-state index in [9.17, 15) is 10.5 Å². The molecule has 0 saturated carbocycles. The Balaban J connectivity index is 1.89. The summed E-state index contributed by atoms with van der Waals surface area (Å²) in [5.41, 5.74) is 8.09. The topological polar surface area (TPSA) is 56.9 Å². The largest absolute Gasteiger partial charge is 0.318 e. The van der Waals surface area contributed by atoms with Crippen molar-refractivity contribution in [1.29, 1.82) is 10.5 Å². The Morgan fingerprint density at radius 2 is 1.04 bits per heavy atom. The second-order valence-electron chi connectivity index (χ2n) is 13.6. The van der Waals surface area contributed by atoms with E-state index in [0.717, 1.165) is 32.9 Å². The van der Waals surface area contributed by atoms with Crippen LogP contribution in [0, 0.1) is 29.2 Å². The van der Waals surface area contributed by atoms with Crippen LogP contribution in [0.1, 0.15) is 63.8 Å². The number of nitrogens with zero attached hydrogens (tertiary/aromatic N) is 4. The van der Waals surface area contributed by atoms with E-state index in [4.69, 9.17) is 6.57 Å². The summed E-state index contributed by atoms with van der Waals surface area (Å²) < 4.78 is 2.08. The van der Waals surface area contributed by atoms with Crippen molar-refractivity contribution in [2.45, 2.75) is 52.4 Å². The highest BCUT2D eigenvalue weighted by molar-refractivity contribution is 6.12. The maximum atomic E-state index is 10.9. The summed E-state index contributed by atoms with van der Waals surface area (Å²) in [5.74, 6) is 0. The highest BCUT2D eigenvalue weighted by atomic mass is 15.0. The maximum Gasteiger partial charge on any atom is 0.220 e. The third-order valence-corrected chi connectivity index (χ3v) is 8.63. The van der Waals surface area contributed by atoms with Crippen molar-refractivity contribution in [3.63, 3.8) is 0 Å². The molecular weight excluding hydrogens is 548 g/mol. The van der Waals surface area contributed by atoms with Crippen molar-refractivity contribution < 1.29 is 0 Å². The number of hydrogen-bond donors (Lipinski definition) is 0. The first kappa shape index (κ1) is 29.4. The number of benzene rings is 5. The Morgan fingerprint density at radius 1 is 0.600 bits per heavy atom. The summed E-state index contributed by atoms with van der Waals surface area (Å²) in [5, 5.41) is 23.7. The van der Waals surface area contributed by atoms with Crippen LogP contribution >= 0.6 is 0 Å². The highest BCUT2D eigenvalue weighted by Gasteiger charge is 2.30. The molecule has 6 aromatic rings. The molecule has 0 aliphatic heterocycles. The minimum absolute atomic E-state index is 0.0703. The Hall–Kier alpha value is -5.63. The first-order valence-corrected chi connectivity index (χ1v) is 15.1. The smallest absolute Gasteiger partial charge is 0.220 e. The van der Waals surface area contributed by atoms with Gasteiger partial charge in [0.05, 0.1) is 40.5 Å². The second-order valence-corrected chi connectivity index (χ2v) is 13.6. The van der Waals surface area contributed by atoms with Crippen LogP contribution in [0.25, 0.3) is 54.6 Å². The fraction of sp³-hybridized carbons (Fsp3) is 0.195. The Bertz CT molecular complexity index is 2090. The molecule has 0 atom stereocenters. The van der Waals surface area contributed by atoms with Crippen molar-refractivity contribution in [3.05, 3.63) is 131 Å². The van der Waals surface area contributed by atoms with Gasteiger partial charge < -0.3 is 4.57 Å². The number of aromatic nitrogens is 1. The zero-order chi connectivity index (χ0) is 32.1. The third kappa shape index (κ3) is 4.84. The fourth-order valence-corrected chi connectivity index (χ4v) is 6.25. The number of nitriles is 2. The summed E-state index contributed by atoms with van der Waals surface area (Å²) in [6, 6.07) is 37.1. The first-order chi connectivity index (χ1) is 21.5. The van der Waals surface area contributed by atoms with Gasteiger partial charge in [-0.1, -0.05) is 114 Å². The molecule has 0 unspecified atom stereocenters. The number of rotatable bonds is 3. The van der Waals surface area contributed by atoms with Gasteiger partial charge in [-0.2, -0.15) is 10.5 Å². The average Bonchev–Trinajstić information content (AvgIpc) is 3.36. The van der Waals surface area contributed by atoms with Crippen LogP contribution in [0.15, 0.2) is 97.1 Å². The predicted octanol–water partition coefficient (Wildman–Crippen LogP) is 11.0. The van der Waals surface area contributed by atoms with E-state index in [1.165, 1.54) is 11.1 Å². The van der Waals surface area contributed by atoms with Gasteiger partial charge in [0.25, 0.3) is 0 Å². The molecule has 0 aliphatic carbocycles. The maximum absolute atomic E-state index is 10.9. The molecule has 0 amide bonds. The van der Waals surface area contributed by atoms with Gasteiger partial charge in [-0.25, -0.2) is 4.85 Å². The average molecular weight is 583 g/mol. The summed E-state index contributed by atoms with van der Waals surface area (Å²) in [4.78, 5) is 4.11. The molecule has 0 fully saturated rings. The Labute approximate surface area is 265 Å². The molecule has 1 aromatic heterocycles. The van der Waals surface area contributed by atoms with Gasteiger partial charge in [-0.05, 0) is 57.3 Å². The molecule has 0 saturated heterocycles. The van der Waals surface area contributed by atoms with E-state index >= 15 is 0 Å². The molecule has 1 heterocycles. The molecule has 4 heteroatoms. The lowest BCUT2D eigenvalue weighted by atomic mass is 9.85. The van der Waals surface area contributed by atoms with Gasteiger partial charge in [0, 0.05) is 21.9 Å². The van der Waals surface area contributed by atoms with Gasteiger partial charge in [-0.3, -0.25) is 0 Å². The van der Waals surface area contributed by atoms with Crippen LogP contribution in [0.2, 0.25) is 0 Å². The number of hydrogen-bond acceptors (Lipinski definition) is 2. The molecule has 0 spiro atoms. The molecule has 4 nitrogen and oxygen atoms in total. The van der Waals surface area contributed by atoms with Crippen LogP contribution in [0.3, 0.4) is 0 Å². The zero-order valence-electron chi connectivity index (χ0n) is 26.5. The van der Waals surface area contributed by atoms with Gasteiger partial charge in [0.1, 0.15) is 6.07 Å². The summed E-state index contributed by atoms with van der Waals surface area (Å²) in [6.07, 6.45) is 0. The van der Waals surface area contributed by atoms with Crippen LogP contribution in [0.5, 0.6) is 0 Å². The SMILES string of the molecule is [C-]#[N+]c1c(-c2ccccc2)c(C#N)c(-c2ccccc2)c(C#N)c1-n1c2ccc(C(C)(C)C)cc2c2cc(C(C)(C)C)ccc21. The van der Waals surface area contributed by atoms with Crippen LogP contribution < -0.4 is 0 Å². The molecule has 0 aliphatic rings. The fourth-order valence-electron chi connectivity index (χ4n) is 6.25. The molecule has 218 valence electrons. The van der Waals surface area contributed by atoms with Crippen molar-refractivity contribution >= 4 is 27.5 Å². The lowest BCUT2D eigenvalue weighted by molar-refractivity contribution is 0.590. The van der Waals surface area contributed by atoms with Crippen LogP contribution in [-0.2, 0) is 10.8 Å². The molecule has 5 aromatic carbocycles. The van der Waals surface area contributed by atoms with Gasteiger partial charge in [0.2, 0.25) is 5.69 Å². The standard InChI is InChI=1S/C41H34N4/c1-40(2,3)28-18-20-34-30(22-28)31-23-29(41(4,5)6)19-21-35(31)45(34)39-33(25-43)36(26-14-10-8-11-15-26)32(24-42)37(38(39)44-7)27-16-12-9-13-17-27/h8-23H,1-6H3. The normalized spacial score (nSPS) is 11.7. The molecular formula is C41H34N4. The minimum Gasteiger partial charge on any atom is -0.318 e. The van der Waals surface area contributed by atoms with Crippen molar-refractivity contribution in [3.8, 4) is 40.1 Å². The Kier molecular flexibility index (Phi) is 7.08. The van der Waals surface area contributed by atoms with Gasteiger partial charge in [-0.15, -0.1) is 0 Å². The van der Waals surface area contributed by atoms with E-state index in [1.54, 1.807) is 0 Å². The lowest BCUT2D eigenvalue weighted by Crippen LogP contribution is -2.10. The van der Waals surface area contributed by atoms with E-state index in [-0.39, 0.29) is 16.5 Å². The molecule has 0 radical (unpaired) electrons. The van der Waals surface area contributed by atoms with Crippen molar-refractivity contribution in [2.24, 2.45) is 0 Å². The molecule has 45 heavy (non-hydrogen) atoms. The second kappa shape index (κ2) is 10.8. The summed E-state index contributed by atoms with van der Waals surface area (Å²) in [6.45, 7) is 21.8. The monoisotopic (exact) mass is 582 g/mol. The van der Waals surface area contributed by atoms with E-state index in [1.807, 2.05) is 60.7 Å². The van der Waals surface area contributed by atoms with E-state index in [0.29, 0.717) is 27.9 Å². The van der Waals surface area contributed by atoms with Crippen molar-refractivity contribution in [1.82, 2.24) is 4.57 Å². The highest BCUT2D eigenvalue weighted by Crippen LogP contribution is 2.49. The van der Waals surface area contributed by atoms with E-state index in [2.05, 4.69) is 99.5 Å². The van der Waals surface area contributed by atoms with Gasteiger partial charge >= 0.3 is 0 Å². The van der Waals surface area contributed by atoms with Crippen LogP contribution in [-0.4, -0.2) is 4.57 Å². The van der Waals surface area contributed by atoms with Crippen molar-refractivity contribution in [2.75, 3.05) is 0 Å². The first-order valence-electron chi connectivity index (χ1n) is 15.1. The predicted molar refractivity (Wildman–Crippen MR) is 185 cm³/mol. The summed E-state index contributed by atoms with van der Waals surface area (Å²) >= 11 is 0. The molecule has 0 N–H and O–H groups in total. The van der Waals surface area contributed by atoms with Crippen LogP contribution in [0.4, 0.5) is 5.69 Å². The molecule has 6 rings (SSSR count). The number of fused-ring (bicyclic) bond motifs is 3. The van der Waals surface area contributed by atoms with Gasteiger partial charge in [0.15, 0.2) is 0 Å². The van der Waals surface area contributed by atoms with E-state index < -0.39 is 0 Å². The zero-order valence-corrected chi connectivity index (χ0v) is 26.5. The third-order valence-electron chi connectivity index (χ3n) is 8.63. The summed E-state index contributed by atoms with van der Waals surface area (Å²) in [7, 11) is 0. The molecule has 0 bridgehead atoms. The lowest BCUT2D eigenvalue weighted by Gasteiger charge is -2.22. The minimum atomic E-state index is -0.0703. The Morgan fingerprint density at radius 3 is 1.44 bits per heavy atom.